The Morgan fingerprint density at radius 1 is 1.10 bits per heavy atom. The SMILES string of the molecule is CCc1cc2ccc(P)cc2nc1-c1cccc(F)c1. The molecular formula is C17H15FNP. The molecule has 0 saturated carbocycles. The molecule has 20 heavy (non-hydrogen) atoms. The van der Waals surface area contributed by atoms with Crippen LogP contribution in [0.1, 0.15) is 12.5 Å². The summed E-state index contributed by atoms with van der Waals surface area (Å²) in [6.45, 7) is 2.09. The Labute approximate surface area is 120 Å². The van der Waals surface area contributed by atoms with E-state index >= 15 is 0 Å². The van der Waals surface area contributed by atoms with Crippen LogP contribution >= 0.6 is 9.24 Å². The van der Waals surface area contributed by atoms with Gasteiger partial charge in [-0.2, -0.15) is 0 Å². The Morgan fingerprint density at radius 3 is 2.70 bits per heavy atom. The van der Waals surface area contributed by atoms with Crippen molar-refractivity contribution in [3.8, 4) is 11.3 Å². The van der Waals surface area contributed by atoms with Gasteiger partial charge in [0, 0.05) is 10.9 Å². The van der Waals surface area contributed by atoms with Gasteiger partial charge in [0.2, 0.25) is 0 Å². The van der Waals surface area contributed by atoms with Crippen molar-refractivity contribution < 1.29 is 4.39 Å². The Balaban J connectivity index is 2.27. The summed E-state index contributed by atoms with van der Waals surface area (Å²) >= 11 is 0. The van der Waals surface area contributed by atoms with E-state index in [0.717, 1.165) is 39.4 Å². The second-order valence-corrected chi connectivity index (χ2v) is 5.48. The van der Waals surface area contributed by atoms with Gasteiger partial charge in [-0.1, -0.05) is 31.2 Å². The maximum Gasteiger partial charge on any atom is 0.123 e. The first-order chi connectivity index (χ1) is 9.67. The molecule has 0 amide bonds. The van der Waals surface area contributed by atoms with Crippen LogP contribution in [0.15, 0.2) is 48.5 Å². The highest BCUT2D eigenvalue weighted by Crippen LogP contribution is 2.26. The second-order valence-electron chi connectivity index (χ2n) is 4.81. The smallest absolute Gasteiger partial charge is 0.123 e. The molecule has 1 atom stereocenters. The number of rotatable bonds is 2. The van der Waals surface area contributed by atoms with E-state index in [1.165, 1.54) is 12.1 Å². The van der Waals surface area contributed by atoms with Gasteiger partial charge in [-0.25, -0.2) is 9.37 Å². The van der Waals surface area contributed by atoms with Gasteiger partial charge in [-0.05, 0) is 41.6 Å². The number of aryl methyl sites for hydroxylation is 1. The Hall–Kier alpha value is -1.79. The summed E-state index contributed by atoms with van der Waals surface area (Å²) in [5.74, 6) is -0.230. The van der Waals surface area contributed by atoms with Gasteiger partial charge in [0.05, 0.1) is 11.2 Å². The zero-order valence-electron chi connectivity index (χ0n) is 11.2. The summed E-state index contributed by atoms with van der Waals surface area (Å²) in [5.41, 5.74) is 3.78. The summed E-state index contributed by atoms with van der Waals surface area (Å²) in [5, 5.41) is 2.22. The molecule has 100 valence electrons. The lowest BCUT2D eigenvalue weighted by Crippen LogP contribution is -1.96. The van der Waals surface area contributed by atoms with Crippen molar-refractivity contribution in [3.63, 3.8) is 0 Å². The first-order valence-corrected chi connectivity index (χ1v) is 7.20. The highest BCUT2D eigenvalue weighted by Gasteiger charge is 2.09. The maximum absolute atomic E-state index is 13.4. The molecule has 3 heteroatoms. The number of hydrogen-bond acceptors (Lipinski definition) is 1. The van der Waals surface area contributed by atoms with E-state index in [2.05, 4.69) is 34.4 Å². The number of pyridine rings is 1. The van der Waals surface area contributed by atoms with E-state index in [9.17, 15) is 4.39 Å². The van der Waals surface area contributed by atoms with Gasteiger partial charge in [0.15, 0.2) is 0 Å². The zero-order valence-corrected chi connectivity index (χ0v) is 12.4. The summed E-state index contributed by atoms with van der Waals surface area (Å²) in [4.78, 5) is 4.74. The van der Waals surface area contributed by atoms with Crippen LogP contribution in [0.3, 0.4) is 0 Å². The number of hydrogen-bond donors (Lipinski definition) is 0. The van der Waals surface area contributed by atoms with Gasteiger partial charge in [-0.15, -0.1) is 9.24 Å². The third kappa shape index (κ3) is 2.44. The Bertz CT molecular complexity index is 783. The molecule has 0 aliphatic carbocycles. The number of halogens is 1. The Kier molecular flexibility index (Phi) is 3.50. The summed E-state index contributed by atoms with van der Waals surface area (Å²) in [7, 11) is 2.68. The molecule has 0 N–H and O–H groups in total. The van der Waals surface area contributed by atoms with Gasteiger partial charge < -0.3 is 0 Å². The first-order valence-electron chi connectivity index (χ1n) is 6.62. The van der Waals surface area contributed by atoms with E-state index in [4.69, 9.17) is 4.98 Å². The van der Waals surface area contributed by atoms with E-state index in [1.54, 1.807) is 6.07 Å². The van der Waals surface area contributed by atoms with Crippen molar-refractivity contribution in [2.45, 2.75) is 13.3 Å². The lowest BCUT2D eigenvalue weighted by molar-refractivity contribution is 0.628. The Morgan fingerprint density at radius 2 is 1.95 bits per heavy atom. The van der Waals surface area contributed by atoms with Crippen molar-refractivity contribution in [2.75, 3.05) is 0 Å². The molecule has 3 aromatic rings. The summed E-state index contributed by atoms with van der Waals surface area (Å²) in [6.07, 6.45) is 0.872. The van der Waals surface area contributed by atoms with Gasteiger partial charge >= 0.3 is 0 Å². The minimum absolute atomic E-state index is 0.230. The number of fused-ring (bicyclic) bond motifs is 1. The van der Waals surface area contributed by atoms with Crippen LogP contribution in [0.25, 0.3) is 22.2 Å². The minimum atomic E-state index is -0.230. The van der Waals surface area contributed by atoms with Crippen LogP contribution in [0.4, 0.5) is 4.39 Å². The fraction of sp³-hybridized carbons (Fsp3) is 0.118. The number of nitrogens with zero attached hydrogens (tertiary/aromatic N) is 1. The predicted molar refractivity (Wildman–Crippen MR) is 85.9 cm³/mol. The highest BCUT2D eigenvalue weighted by atomic mass is 31.0. The molecule has 0 fully saturated rings. The first kappa shape index (κ1) is 13.2. The largest absolute Gasteiger partial charge is 0.247 e. The van der Waals surface area contributed by atoms with Crippen LogP contribution in [0.2, 0.25) is 0 Å². The van der Waals surface area contributed by atoms with Crippen molar-refractivity contribution in [2.24, 2.45) is 0 Å². The lowest BCUT2D eigenvalue weighted by Gasteiger charge is -2.10. The van der Waals surface area contributed by atoms with Crippen LogP contribution in [-0.2, 0) is 6.42 Å². The third-order valence-corrected chi connectivity index (χ3v) is 3.76. The van der Waals surface area contributed by atoms with E-state index < -0.39 is 0 Å². The van der Waals surface area contributed by atoms with E-state index in [1.807, 2.05) is 12.1 Å². The van der Waals surface area contributed by atoms with Gasteiger partial charge in [-0.3, -0.25) is 0 Å². The van der Waals surface area contributed by atoms with Gasteiger partial charge in [0.25, 0.3) is 0 Å². The highest BCUT2D eigenvalue weighted by molar-refractivity contribution is 7.27. The molecule has 2 aromatic carbocycles. The van der Waals surface area contributed by atoms with Gasteiger partial charge in [0.1, 0.15) is 5.82 Å². The molecule has 1 heterocycles. The van der Waals surface area contributed by atoms with Crippen LogP contribution in [-0.4, -0.2) is 4.98 Å². The fourth-order valence-corrected chi connectivity index (χ4v) is 2.64. The molecule has 0 bridgehead atoms. The minimum Gasteiger partial charge on any atom is -0.247 e. The van der Waals surface area contributed by atoms with E-state index in [0.29, 0.717) is 0 Å². The third-order valence-electron chi connectivity index (χ3n) is 3.40. The zero-order chi connectivity index (χ0) is 14.1. The van der Waals surface area contributed by atoms with E-state index in [-0.39, 0.29) is 5.82 Å². The van der Waals surface area contributed by atoms with Crippen LogP contribution < -0.4 is 5.30 Å². The summed E-state index contributed by atoms with van der Waals surface area (Å²) in [6, 6.07) is 14.9. The monoisotopic (exact) mass is 283 g/mol. The average Bonchev–Trinajstić information content (AvgIpc) is 2.45. The average molecular weight is 283 g/mol. The maximum atomic E-state index is 13.4. The standard InChI is InChI=1S/C17H15FNP/c1-2-11-8-12-6-7-15(20)10-16(12)19-17(11)13-4-3-5-14(18)9-13/h3-10H,2,20H2,1H3. The molecule has 0 spiro atoms. The fourth-order valence-electron chi connectivity index (χ4n) is 2.38. The number of benzene rings is 2. The number of aromatic nitrogens is 1. The summed E-state index contributed by atoms with van der Waals surface area (Å²) < 4.78 is 13.4. The van der Waals surface area contributed by atoms with Crippen LogP contribution in [0, 0.1) is 5.82 Å². The predicted octanol–water partition coefficient (Wildman–Crippen LogP) is 4.10. The molecule has 3 rings (SSSR count). The van der Waals surface area contributed by atoms with Crippen molar-refractivity contribution in [1.29, 1.82) is 0 Å². The lowest BCUT2D eigenvalue weighted by atomic mass is 10.0. The molecule has 1 nitrogen and oxygen atoms in total. The molecule has 0 saturated heterocycles. The second kappa shape index (κ2) is 5.30. The molecule has 0 aliphatic rings. The molecule has 1 aromatic heterocycles. The quantitative estimate of drug-likeness (QED) is 0.645. The van der Waals surface area contributed by atoms with Crippen LogP contribution in [0.5, 0.6) is 0 Å². The molecule has 0 aliphatic heterocycles. The topological polar surface area (TPSA) is 12.9 Å². The normalized spacial score (nSPS) is 10.9. The molecule has 0 radical (unpaired) electrons. The van der Waals surface area contributed by atoms with Crippen molar-refractivity contribution in [1.82, 2.24) is 4.98 Å². The van der Waals surface area contributed by atoms with Crippen molar-refractivity contribution >= 4 is 25.4 Å². The van der Waals surface area contributed by atoms with Crippen molar-refractivity contribution in [3.05, 3.63) is 59.9 Å². The molecular weight excluding hydrogens is 268 g/mol. The molecule has 1 unspecified atom stereocenters.